The first kappa shape index (κ1) is 19.4. The molecule has 2 amide bonds. The molecule has 0 unspecified atom stereocenters. The second kappa shape index (κ2) is 7.95. The number of ether oxygens (including phenoxy) is 1. The molecule has 0 saturated heterocycles. The van der Waals surface area contributed by atoms with Crippen molar-refractivity contribution in [2.75, 3.05) is 17.2 Å². The molecule has 138 valence electrons. The zero-order valence-electron chi connectivity index (χ0n) is 14.7. The number of hydrogen-bond donors (Lipinski definition) is 2. The fraction of sp³-hybridized carbons (Fsp3) is 0.263. The van der Waals surface area contributed by atoms with Crippen LogP contribution in [0.15, 0.2) is 42.5 Å². The average Bonchev–Trinajstić information content (AvgIpc) is 2.60. The molecule has 0 heterocycles. The summed E-state index contributed by atoms with van der Waals surface area (Å²) >= 11 is 0. The Morgan fingerprint density at radius 1 is 0.962 bits per heavy atom. The van der Waals surface area contributed by atoms with Crippen LogP contribution in [0.3, 0.4) is 0 Å². The molecule has 0 aliphatic carbocycles. The molecule has 7 heteroatoms. The lowest BCUT2D eigenvalue weighted by Crippen LogP contribution is -2.41. The van der Waals surface area contributed by atoms with E-state index in [4.69, 9.17) is 4.74 Å². The van der Waals surface area contributed by atoms with E-state index in [2.05, 4.69) is 10.6 Å². The Labute approximate surface area is 150 Å². The van der Waals surface area contributed by atoms with E-state index in [0.29, 0.717) is 18.0 Å². The van der Waals surface area contributed by atoms with Gasteiger partial charge in [0.15, 0.2) is 0 Å². The van der Waals surface area contributed by atoms with Gasteiger partial charge in [-0.2, -0.15) is 0 Å². The van der Waals surface area contributed by atoms with E-state index in [1.54, 1.807) is 24.3 Å². The molecule has 26 heavy (non-hydrogen) atoms. The normalized spacial score (nSPS) is 11.0. The molecule has 0 atom stereocenters. The van der Waals surface area contributed by atoms with Gasteiger partial charge in [-0.25, -0.2) is 8.78 Å². The fourth-order valence-electron chi connectivity index (χ4n) is 2.08. The number of carbonyl (C=O) groups excluding carboxylic acids is 2. The van der Waals surface area contributed by atoms with Gasteiger partial charge in [0.1, 0.15) is 28.5 Å². The minimum absolute atomic E-state index is 0.469. The number of anilines is 2. The van der Waals surface area contributed by atoms with Gasteiger partial charge in [-0.3, -0.25) is 9.59 Å². The van der Waals surface area contributed by atoms with Crippen molar-refractivity contribution in [3.8, 4) is 5.75 Å². The zero-order chi connectivity index (χ0) is 19.3. The molecule has 0 bridgehead atoms. The number of rotatable bonds is 6. The molecular formula is C19H20F2N2O3. The molecule has 0 fully saturated rings. The van der Waals surface area contributed by atoms with Gasteiger partial charge >= 0.3 is 0 Å². The number of hydrogen-bond acceptors (Lipinski definition) is 3. The maximum absolute atomic E-state index is 13.7. The third-order valence-electron chi connectivity index (χ3n) is 3.76. The summed E-state index contributed by atoms with van der Waals surface area (Å²) in [5.41, 5.74) is -1.68. The number of para-hydroxylation sites is 1. The van der Waals surface area contributed by atoms with Crippen molar-refractivity contribution < 1.29 is 23.1 Å². The van der Waals surface area contributed by atoms with Gasteiger partial charge in [0, 0.05) is 5.69 Å². The molecule has 0 radical (unpaired) electrons. The number of carbonyl (C=O) groups is 2. The first-order valence-corrected chi connectivity index (χ1v) is 8.05. The van der Waals surface area contributed by atoms with Gasteiger partial charge in [0.05, 0.1) is 6.61 Å². The van der Waals surface area contributed by atoms with E-state index in [0.717, 1.165) is 12.1 Å². The highest BCUT2D eigenvalue weighted by Gasteiger charge is 2.37. The fourth-order valence-corrected chi connectivity index (χ4v) is 2.08. The largest absolute Gasteiger partial charge is 0.494 e. The SMILES string of the molecule is CCOc1ccc(NC(=O)C(C)(C)C(=O)Nc2c(F)cccc2F)cc1. The van der Waals surface area contributed by atoms with E-state index >= 15 is 0 Å². The maximum atomic E-state index is 13.7. The maximum Gasteiger partial charge on any atom is 0.239 e. The zero-order valence-corrected chi connectivity index (χ0v) is 14.7. The predicted molar refractivity (Wildman–Crippen MR) is 95.0 cm³/mol. The summed E-state index contributed by atoms with van der Waals surface area (Å²) in [6.45, 7) is 5.11. The number of nitrogens with one attached hydrogen (secondary N) is 2. The molecule has 0 aliphatic rings. The molecule has 0 spiro atoms. The van der Waals surface area contributed by atoms with Crippen LogP contribution in [0, 0.1) is 17.0 Å². The smallest absolute Gasteiger partial charge is 0.239 e. The van der Waals surface area contributed by atoms with E-state index < -0.39 is 34.6 Å². The van der Waals surface area contributed by atoms with Crippen molar-refractivity contribution in [3.63, 3.8) is 0 Å². The van der Waals surface area contributed by atoms with Gasteiger partial charge in [-0.15, -0.1) is 0 Å². The van der Waals surface area contributed by atoms with Crippen molar-refractivity contribution >= 4 is 23.2 Å². The monoisotopic (exact) mass is 362 g/mol. The van der Waals surface area contributed by atoms with Gasteiger partial charge in [0.25, 0.3) is 0 Å². The van der Waals surface area contributed by atoms with Crippen LogP contribution >= 0.6 is 0 Å². The lowest BCUT2D eigenvalue weighted by molar-refractivity contribution is -0.135. The highest BCUT2D eigenvalue weighted by molar-refractivity contribution is 6.14. The Bertz CT molecular complexity index is 785. The van der Waals surface area contributed by atoms with Crippen LogP contribution < -0.4 is 15.4 Å². The first-order valence-electron chi connectivity index (χ1n) is 8.05. The molecular weight excluding hydrogens is 342 g/mol. The van der Waals surface area contributed by atoms with Crippen LogP contribution in [0.1, 0.15) is 20.8 Å². The molecule has 0 aliphatic heterocycles. The molecule has 2 aromatic carbocycles. The Morgan fingerprint density at radius 3 is 2.04 bits per heavy atom. The Hall–Kier alpha value is -2.96. The summed E-state index contributed by atoms with van der Waals surface area (Å²) in [5, 5.41) is 4.75. The molecule has 0 aromatic heterocycles. The van der Waals surface area contributed by atoms with Crippen LogP contribution in [-0.2, 0) is 9.59 Å². The third-order valence-corrected chi connectivity index (χ3v) is 3.76. The van der Waals surface area contributed by atoms with E-state index in [1.807, 2.05) is 6.92 Å². The number of benzene rings is 2. The van der Waals surface area contributed by atoms with Crippen LogP contribution in [0.5, 0.6) is 5.75 Å². The second-order valence-corrected chi connectivity index (χ2v) is 6.09. The Morgan fingerprint density at radius 2 is 1.50 bits per heavy atom. The lowest BCUT2D eigenvalue weighted by atomic mass is 9.90. The average molecular weight is 362 g/mol. The van der Waals surface area contributed by atoms with Gasteiger partial charge in [-0.1, -0.05) is 6.07 Å². The molecule has 5 nitrogen and oxygen atoms in total. The van der Waals surface area contributed by atoms with Crippen molar-refractivity contribution in [2.24, 2.45) is 5.41 Å². The Balaban J connectivity index is 2.09. The summed E-state index contributed by atoms with van der Waals surface area (Å²) in [6.07, 6.45) is 0. The van der Waals surface area contributed by atoms with E-state index in [1.165, 1.54) is 19.9 Å². The molecule has 0 saturated carbocycles. The molecule has 2 aromatic rings. The first-order chi connectivity index (χ1) is 12.3. The summed E-state index contributed by atoms with van der Waals surface area (Å²) in [6, 6.07) is 9.85. The Kier molecular flexibility index (Phi) is 5.92. The van der Waals surface area contributed by atoms with Crippen molar-refractivity contribution in [3.05, 3.63) is 54.1 Å². The summed E-state index contributed by atoms with van der Waals surface area (Å²) in [5.74, 6) is -2.62. The lowest BCUT2D eigenvalue weighted by Gasteiger charge is -2.23. The topological polar surface area (TPSA) is 67.4 Å². The van der Waals surface area contributed by atoms with Crippen molar-refractivity contribution in [2.45, 2.75) is 20.8 Å². The van der Waals surface area contributed by atoms with Crippen LogP contribution in [0.2, 0.25) is 0 Å². The van der Waals surface area contributed by atoms with E-state index in [9.17, 15) is 18.4 Å². The van der Waals surface area contributed by atoms with E-state index in [-0.39, 0.29) is 0 Å². The summed E-state index contributed by atoms with van der Waals surface area (Å²) in [4.78, 5) is 24.8. The minimum Gasteiger partial charge on any atom is -0.494 e. The van der Waals surface area contributed by atoms with Crippen LogP contribution in [0.25, 0.3) is 0 Å². The highest BCUT2D eigenvalue weighted by atomic mass is 19.1. The van der Waals surface area contributed by atoms with Gasteiger partial charge in [0.2, 0.25) is 11.8 Å². The van der Waals surface area contributed by atoms with Crippen molar-refractivity contribution in [1.29, 1.82) is 0 Å². The van der Waals surface area contributed by atoms with Crippen LogP contribution in [-0.4, -0.2) is 18.4 Å². The highest BCUT2D eigenvalue weighted by Crippen LogP contribution is 2.25. The third kappa shape index (κ3) is 4.36. The standard InChI is InChI=1S/C19H20F2N2O3/c1-4-26-13-10-8-12(9-11-13)22-17(24)19(2,3)18(25)23-16-14(20)6-5-7-15(16)21/h5-11H,4H2,1-3H3,(H,22,24)(H,23,25). The second-order valence-electron chi connectivity index (χ2n) is 6.09. The summed E-state index contributed by atoms with van der Waals surface area (Å²) < 4.78 is 32.7. The van der Waals surface area contributed by atoms with Gasteiger partial charge in [-0.05, 0) is 57.2 Å². The molecule has 2 N–H and O–H groups in total. The number of amides is 2. The van der Waals surface area contributed by atoms with Gasteiger partial charge < -0.3 is 15.4 Å². The minimum atomic E-state index is -1.56. The molecule has 2 rings (SSSR count). The predicted octanol–water partition coefficient (Wildman–Crippen LogP) is 3.97. The quantitative estimate of drug-likeness (QED) is 0.764. The van der Waals surface area contributed by atoms with Crippen LogP contribution in [0.4, 0.5) is 20.2 Å². The number of halogens is 2. The summed E-state index contributed by atoms with van der Waals surface area (Å²) in [7, 11) is 0. The van der Waals surface area contributed by atoms with Crippen molar-refractivity contribution in [1.82, 2.24) is 0 Å².